The van der Waals surface area contributed by atoms with E-state index in [1.807, 2.05) is 0 Å². The van der Waals surface area contributed by atoms with E-state index in [4.69, 9.17) is 10.00 Å². The quantitative estimate of drug-likeness (QED) is 0.711. The first-order valence-corrected chi connectivity index (χ1v) is 7.16. The van der Waals surface area contributed by atoms with Gasteiger partial charge in [-0.2, -0.15) is 5.26 Å². The van der Waals surface area contributed by atoms with Gasteiger partial charge in [-0.1, -0.05) is 6.92 Å². The van der Waals surface area contributed by atoms with Crippen LogP contribution in [0.1, 0.15) is 26.2 Å². The van der Waals surface area contributed by atoms with E-state index >= 15 is 0 Å². The maximum atomic E-state index is 11.7. The minimum atomic E-state index is -3.67. The fourth-order valence-corrected chi connectivity index (χ4v) is 2.89. The van der Waals surface area contributed by atoms with Gasteiger partial charge in [0.1, 0.15) is 0 Å². The van der Waals surface area contributed by atoms with Gasteiger partial charge in [-0.25, -0.2) is 13.1 Å². The van der Waals surface area contributed by atoms with Crippen LogP contribution in [0.15, 0.2) is 0 Å². The minimum absolute atomic E-state index is 0.0587. The zero-order chi connectivity index (χ0) is 12.9. The first-order valence-electron chi connectivity index (χ1n) is 5.62. The standard InChI is InChI=1S/C10H18N2O4S/c1-2-9(7-11)17(14,15)12-8-10(13)3-5-16-6-4-10/h9,12-13H,2-6,8H2,1H3. The molecule has 17 heavy (non-hydrogen) atoms. The summed E-state index contributed by atoms with van der Waals surface area (Å²) in [4.78, 5) is 0. The van der Waals surface area contributed by atoms with E-state index in [-0.39, 0.29) is 13.0 Å². The summed E-state index contributed by atoms with van der Waals surface area (Å²) in [6.07, 6.45) is 1.03. The number of sulfonamides is 1. The van der Waals surface area contributed by atoms with E-state index < -0.39 is 20.9 Å². The highest BCUT2D eigenvalue weighted by atomic mass is 32.2. The molecular weight excluding hydrogens is 244 g/mol. The van der Waals surface area contributed by atoms with Crippen LogP contribution in [0.2, 0.25) is 0 Å². The summed E-state index contributed by atoms with van der Waals surface area (Å²) in [5, 5.41) is 17.7. The van der Waals surface area contributed by atoms with E-state index in [1.165, 1.54) is 0 Å². The lowest BCUT2D eigenvalue weighted by Gasteiger charge is -2.32. The van der Waals surface area contributed by atoms with Crippen molar-refractivity contribution in [2.24, 2.45) is 0 Å². The Labute approximate surface area is 102 Å². The molecule has 0 aromatic carbocycles. The zero-order valence-electron chi connectivity index (χ0n) is 9.85. The summed E-state index contributed by atoms with van der Waals surface area (Å²) in [6, 6.07) is 1.74. The third-order valence-electron chi connectivity index (χ3n) is 2.92. The van der Waals surface area contributed by atoms with Crippen molar-refractivity contribution < 1.29 is 18.3 Å². The van der Waals surface area contributed by atoms with Gasteiger partial charge in [-0.05, 0) is 6.42 Å². The molecule has 2 N–H and O–H groups in total. The summed E-state index contributed by atoms with van der Waals surface area (Å²) in [7, 11) is -3.67. The molecule has 0 bridgehead atoms. The molecule has 1 saturated heterocycles. The van der Waals surface area contributed by atoms with Gasteiger partial charge in [-0.3, -0.25) is 0 Å². The molecule has 0 amide bonds. The van der Waals surface area contributed by atoms with Gasteiger partial charge in [0.2, 0.25) is 10.0 Å². The first kappa shape index (κ1) is 14.4. The van der Waals surface area contributed by atoms with Crippen LogP contribution >= 0.6 is 0 Å². The van der Waals surface area contributed by atoms with Crippen LogP contribution in [0.5, 0.6) is 0 Å². The Hall–Kier alpha value is -0.680. The second-order valence-corrected chi connectivity index (χ2v) is 6.18. The van der Waals surface area contributed by atoms with Gasteiger partial charge in [-0.15, -0.1) is 0 Å². The molecule has 0 spiro atoms. The molecule has 1 unspecified atom stereocenters. The number of aliphatic hydroxyl groups is 1. The SMILES string of the molecule is CCC(C#N)S(=O)(=O)NCC1(O)CCOCC1. The molecule has 1 fully saturated rings. The van der Waals surface area contributed by atoms with E-state index in [9.17, 15) is 13.5 Å². The van der Waals surface area contributed by atoms with Crippen molar-refractivity contribution in [1.29, 1.82) is 5.26 Å². The number of nitriles is 1. The topological polar surface area (TPSA) is 99.4 Å². The first-order chi connectivity index (χ1) is 7.93. The summed E-state index contributed by atoms with van der Waals surface area (Å²) in [5.74, 6) is 0. The van der Waals surface area contributed by atoms with E-state index in [0.717, 1.165) is 0 Å². The molecule has 0 aromatic heterocycles. The Kier molecular flexibility index (Phi) is 4.89. The lowest BCUT2D eigenvalue weighted by molar-refractivity contribution is -0.0588. The monoisotopic (exact) mass is 262 g/mol. The van der Waals surface area contributed by atoms with Crippen molar-refractivity contribution in [2.45, 2.75) is 37.0 Å². The Morgan fingerprint density at radius 3 is 2.59 bits per heavy atom. The fourth-order valence-electron chi connectivity index (χ4n) is 1.64. The van der Waals surface area contributed by atoms with Crippen LogP contribution in [0.4, 0.5) is 0 Å². The van der Waals surface area contributed by atoms with Crippen molar-refractivity contribution in [2.75, 3.05) is 19.8 Å². The Morgan fingerprint density at radius 1 is 1.53 bits per heavy atom. The number of nitrogens with one attached hydrogen (secondary N) is 1. The molecule has 0 saturated carbocycles. The molecule has 98 valence electrons. The second-order valence-electron chi connectivity index (χ2n) is 4.23. The summed E-state index contributed by atoms with van der Waals surface area (Å²) >= 11 is 0. The number of hydrogen-bond acceptors (Lipinski definition) is 5. The average molecular weight is 262 g/mol. The third kappa shape index (κ3) is 3.92. The van der Waals surface area contributed by atoms with Gasteiger partial charge in [0.25, 0.3) is 0 Å². The van der Waals surface area contributed by atoms with E-state index in [1.54, 1.807) is 13.0 Å². The maximum Gasteiger partial charge on any atom is 0.228 e. The van der Waals surface area contributed by atoms with Crippen LogP contribution in [-0.2, 0) is 14.8 Å². The van der Waals surface area contributed by atoms with Crippen molar-refractivity contribution >= 4 is 10.0 Å². The predicted molar refractivity (Wildman–Crippen MR) is 61.6 cm³/mol. The van der Waals surface area contributed by atoms with E-state index in [0.29, 0.717) is 26.1 Å². The molecule has 0 aromatic rings. The van der Waals surface area contributed by atoms with Crippen LogP contribution in [-0.4, -0.2) is 44.1 Å². The molecule has 7 heteroatoms. The van der Waals surface area contributed by atoms with Gasteiger partial charge in [0, 0.05) is 32.6 Å². The van der Waals surface area contributed by atoms with Crippen molar-refractivity contribution in [1.82, 2.24) is 4.72 Å². The fraction of sp³-hybridized carbons (Fsp3) is 0.900. The normalized spacial score (nSPS) is 21.7. The van der Waals surface area contributed by atoms with Gasteiger partial charge >= 0.3 is 0 Å². The lowest BCUT2D eigenvalue weighted by Crippen LogP contribution is -2.48. The number of rotatable bonds is 5. The van der Waals surface area contributed by atoms with Gasteiger partial charge in [0.05, 0.1) is 11.7 Å². The summed E-state index contributed by atoms with van der Waals surface area (Å²) < 4.78 is 30.8. The third-order valence-corrected chi connectivity index (χ3v) is 4.65. The highest BCUT2D eigenvalue weighted by molar-refractivity contribution is 7.90. The average Bonchev–Trinajstić information content (AvgIpc) is 2.29. The Morgan fingerprint density at radius 2 is 2.12 bits per heavy atom. The molecule has 1 heterocycles. The smallest absolute Gasteiger partial charge is 0.228 e. The minimum Gasteiger partial charge on any atom is -0.388 e. The molecule has 6 nitrogen and oxygen atoms in total. The number of ether oxygens (including phenoxy) is 1. The molecule has 0 radical (unpaired) electrons. The van der Waals surface area contributed by atoms with Crippen LogP contribution in [0, 0.1) is 11.3 Å². The van der Waals surface area contributed by atoms with Crippen LogP contribution < -0.4 is 4.72 Å². The number of hydrogen-bond donors (Lipinski definition) is 2. The van der Waals surface area contributed by atoms with Gasteiger partial charge < -0.3 is 9.84 Å². The molecule has 1 atom stereocenters. The van der Waals surface area contributed by atoms with Crippen LogP contribution in [0.25, 0.3) is 0 Å². The summed E-state index contributed by atoms with van der Waals surface area (Å²) in [5.41, 5.74) is -1.06. The molecule has 0 aliphatic carbocycles. The Bertz CT molecular complexity index is 382. The maximum absolute atomic E-state index is 11.7. The number of nitrogens with zero attached hydrogens (tertiary/aromatic N) is 1. The second kappa shape index (κ2) is 5.78. The summed E-state index contributed by atoms with van der Waals surface area (Å²) in [6.45, 7) is 2.43. The molecule has 1 aliphatic heterocycles. The lowest BCUT2D eigenvalue weighted by atomic mass is 9.95. The van der Waals surface area contributed by atoms with Crippen LogP contribution in [0.3, 0.4) is 0 Å². The highest BCUT2D eigenvalue weighted by Gasteiger charge is 2.33. The van der Waals surface area contributed by atoms with Crippen molar-refractivity contribution in [3.63, 3.8) is 0 Å². The largest absolute Gasteiger partial charge is 0.388 e. The highest BCUT2D eigenvalue weighted by Crippen LogP contribution is 2.19. The molecular formula is C10H18N2O4S. The van der Waals surface area contributed by atoms with Gasteiger partial charge in [0.15, 0.2) is 5.25 Å². The van der Waals surface area contributed by atoms with E-state index in [2.05, 4.69) is 4.72 Å². The van der Waals surface area contributed by atoms with Crippen molar-refractivity contribution in [3.8, 4) is 6.07 Å². The zero-order valence-corrected chi connectivity index (χ0v) is 10.7. The Balaban J connectivity index is 2.58. The molecule has 1 aliphatic rings. The molecule has 1 rings (SSSR count). The predicted octanol–water partition coefficient (Wildman–Crippen LogP) is -0.251. The van der Waals surface area contributed by atoms with Crippen molar-refractivity contribution in [3.05, 3.63) is 0 Å².